The maximum Gasteiger partial charge on any atom is 0.242 e. The molecule has 1 aromatic heterocycles. The first-order valence-electron chi connectivity index (χ1n) is 6.40. The molecule has 0 radical (unpaired) electrons. The fraction of sp³-hybridized carbons (Fsp3) is 0.429. The van der Waals surface area contributed by atoms with Crippen LogP contribution in [0.2, 0.25) is 5.02 Å². The van der Waals surface area contributed by atoms with Crippen LogP contribution in [0.4, 0.5) is 5.13 Å². The normalized spacial score (nSPS) is 13.2. The van der Waals surface area contributed by atoms with Gasteiger partial charge in [-0.2, -0.15) is 0 Å². The monoisotopic (exact) mass is 311 g/mol. The lowest BCUT2D eigenvalue weighted by Crippen LogP contribution is -2.47. The Bertz CT molecular complexity index is 633. The van der Waals surface area contributed by atoms with Crippen molar-refractivity contribution in [1.82, 2.24) is 10.3 Å². The first kappa shape index (κ1) is 15.1. The number of amides is 1. The third kappa shape index (κ3) is 3.61. The second-order valence-corrected chi connectivity index (χ2v) is 7.12. The van der Waals surface area contributed by atoms with Crippen LogP contribution in [0, 0.1) is 0 Å². The summed E-state index contributed by atoms with van der Waals surface area (Å²) in [6, 6.07) is 5.25. The summed E-state index contributed by atoms with van der Waals surface area (Å²) >= 11 is 7.57. The Morgan fingerprint density at radius 1 is 1.40 bits per heavy atom. The van der Waals surface area contributed by atoms with E-state index < -0.39 is 0 Å². The maximum atomic E-state index is 12.0. The predicted octanol–water partition coefficient (Wildman–Crippen LogP) is 3.66. The van der Waals surface area contributed by atoms with Gasteiger partial charge in [-0.25, -0.2) is 4.98 Å². The molecule has 1 heterocycles. The number of carbonyl (C=O) groups is 1. The second kappa shape index (κ2) is 5.58. The molecular weight excluding hydrogens is 294 g/mol. The lowest BCUT2D eigenvalue weighted by Gasteiger charge is -2.23. The third-order valence-electron chi connectivity index (χ3n) is 2.60. The number of benzene rings is 1. The number of carbonyl (C=O) groups excluding carboxylic acids is 1. The van der Waals surface area contributed by atoms with Crippen molar-refractivity contribution in [3.63, 3.8) is 0 Å². The van der Waals surface area contributed by atoms with Crippen LogP contribution in [-0.4, -0.2) is 22.5 Å². The number of thiazole rings is 1. The summed E-state index contributed by atoms with van der Waals surface area (Å²) in [6.07, 6.45) is 0. The van der Waals surface area contributed by atoms with Gasteiger partial charge in [-0.15, -0.1) is 0 Å². The van der Waals surface area contributed by atoms with Gasteiger partial charge in [0, 0.05) is 5.54 Å². The molecule has 0 bridgehead atoms. The van der Waals surface area contributed by atoms with Gasteiger partial charge in [-0.05, 0) is 39.8 Å². The van der Waals surface area contributed by atoms with Gasteiger partial charge in [0.25, 0.3) is 0 Å². The molecule has 1 unspecified atom stereocenters. The van der Waals surface area contributed by atoms with Crippen LogP contribution in [0.1, 0.15) is 27.7 Å². The van der Waals surface area contributed by atoms with Crippen LogP contribution in [0.5, 0.6) is 0 Å². The van der Waals surface area contributed by atoms with Crippen molar-refractivity contribution in [3.8, 4) is 0 Å². The van der Waals surface area contributed by atoms with Crippen molar-refractivity contribution in [2.45, 2.75) is 39.3 Å². The molecule has 0 aliphatic rings. The molecule has 0 aliphatic carbocycles. The van der Waals surface area contributed by atoms with E-state index in [1.54, 1.807) is 0 Å². The lowest BCUT2D eigenvalue weighted by molar-refractivity contribution is -0.122. The van der Waals surface area contributed by atoms with E-state index in [1.165, 1.54) is 11.3 Å². The molecule has 6 heteroatoms. The summed E-state index contributed by atoms with van der Waals surface area (Å²) in [5, 5.41) is 7.43. The van der Waals surface area contributed by atoms with Crippen molar-refractivity contribution in [2.24, 2.45) is 0 Å². The van der Waals surface area contributed by atoms with Crippen molar-refractivity contribution in [3.05, 3.63) is 23.2 Å². The van der Waals surface area contributed by atoms with Crippen LogP contribution in [-0.2, 0) is 4.79 Å². The predicted molar refractivity (Wildman–Crippen MR) is 85.6 cm³/mol. The maximum absolute atomic E-state index is 12.0. The molecular formula is C14H18ClN3OS. The van der Waals surface area contributed by atoms with E-state index in [0.29, 0.717) is 10.2 Å². The first-order chi connectivity index (χ1) is 9.26. The molecule has 1 aromatic carbocycles. The van der Waals surface area contributed by atoms with E-state index in [-0.39, 0.29) is 17.5 Å². The third-order valence-corrected chi connectivity index (χ3v) is 4.06. The smallest absolute Gasteiger partial charge is 0.242 e. The van der Waals surface area contributed by atoms with Gasteiger partial charge >= 0.3 is 0 Å². The zero-order valence-corrected chi connectivity index (χ0v) is 13.5. The van der Waals surface area contributed by atoms with Gasteiger partial charge in [-0.3, -0.25) is 4.79 Å². The van der Waals surface area contributed by atoms with E-state index in [4.69, 9.17) is 11.6 Å². The average molecular weight is 312 g/mol. The van der Waals surface area contributed by atoms with Crippen LogP contribution in [0.3, 0.4) is 0 Å². The number of aromatic nitrogens is 1. The van der Waals surface area contributed by atoms with E-state index in [9.17, 15) is 4.79 Å². The van der Waals surface area contributed by atoms with Crippen molar-refractivity contribution >= 4 is 44.2 Å². The van der Waals surface area contributed by atoms with Crippen LogP contribution in [0.25, 0.3) is 10.2 Å². The number of halogens is 1. The Hall–Kier alpha value is -1.33. The first-order valence-corrected chi connectivity index (χ1v) is 7.59. The minimum Gasteiger partial charge on any atom is -0.350 e. The molecule has 0 fully saturated rings. The summed E-state index contributed by atoms with van der Waals surface area (Å²) in [6.45, 7) is 7.67. The lowest BCUT2D eigenvalue weighted by atomic mass is 10.1. The van der Waals surface area contributed by atoms with Gasteiger partial charge in [0.05, 0.1) is 15.2 Å². The summed E-state index contributed by atoms with van der Waals surface area (Å²) in [7, 11) is 0. The minimum atomic E-state index is -0.353. The summed E-state index contributed by atoms with van der Waals surface area (Å²) in [4.78, 5) is 16.5. The number of anilines is 1. The van der Waals surface area contributed by atoms with Crippen molar-refractivity contribution in [2.75, 3.05) is 5.32 Å². The molecule has 1 atom stereocenters. The van der Waals surface area contributed by atoms with E-state index in [2.05, 4.69) is 15.6 Å². The number of nitrogens with zero attached hydrogens (tertiary/aromatic N) is 1. The molecule has 0 saturated carbocycles. The van der Waals surface area contributed by atoms with Gasteiger partial charge in [0.2, 0.25) is 5.91 Å². The summed E-state index contributed by atoms with van der Waals surface area (Å²) in [5.41, 5.74) is 0.595. The Balaban J connectivity index is 2.12. The van der Waals surface area contributed by atoms with Gasteiger partial charge in [-0.1, -0.05) is 29.0 Å². The number of hydrogen-bond acceptors (Lipinski definition) is 4. The highest BCUT2D eigenvalue weighted by Crippen LogP contribution is 2.31. The minimum absolute atomic E-state index is 0.0529. The second-order valence-electron chi connectivity index (χ2n) is 5.71. The number of rotatable bonds is 3. The highest BCUT2D eigenvalue weighted by molar-refractivity contribution is 7.22. The van der Waals surface area contributed by atoms with Crippen LogP contribution >= 0.6 is 22.9 Å². The molecule has 0 aliphatic heterocycles. The molecule has 108 valence electrons. The van der Waals surface area contributed by atoms with E-state index in [1.807, 2.05) is 45.9 Å². The van der Waals surface area contributed by atoms with Crippen molar-refractivity contribution in [1.29, 1.82) is 0 Å². The number of fused-ring (bicyclic) bond motifs is 1. The Labute approximate surface area is 127 Å². The average Bonchev–Trinajstić information content (AvgIpc) is 2.70. The molecule has 2 rings (SSSR count). The topological polar surface area (TPSA) is 54.0 Å². The molecule has 0 spiro atoms. The standard InChI is InChI=1S/C14H18ClN3OS/c1-8(12(19)18-14(2,3)4)16-13-17-10-7-5-6-9(15)11(10)20-13/h5-8H,1-4H3,(H,16,17)(H,18,19). The Morgan fingerprint density at radius 3 is 2.70 bits per heavy atom. The quantitative estimate of drug-likeness (QED) is 0.909. The van der Waals surface area contributed by atoms with Gasteiger partial charge < -0.3 is 10.6 Å². The zero-order chi connectivity index (χ0) is 14.9. The van der Waals surface area contributed by atoms with Crippen LogP contribution < -0.4 is 10.6 Å². The highest BCUT2D eigenvalue weighted by atomic mass is 35.5. The molecule has 1 amide bonds. The van der Waals surface area contributed by atoms with E-state index in [0.717, 1.165) is 10.2 Å². The fourth-order valence-electron chi connectivity index (χ4n) is 1.71. The van der Waals surface area contributed by atoms with E-state index >= 15 is 0 Å². The van der Waals surface area contributed by atoms with Gasteiger partial charge in [0.1, 0.15) is 6.04 Å². The Kier molecular flexibility index (Phi) is 4.20. The molecule has 2 aromatic rings. The Morgan fingerprint density at radius 2 is 2.10 bits per heavy atom. The zero-order valence-electron chi connectivity index (χ0n) is 12.0. The van der Waals surface area contributed by atoms with Crippen LogP contribution in [0.15, 0.2) is 18.2 Å². The molecule has 20 heavy (non-hydrogen) atoms. The largest absolute Gasteiger partial charge is 0.350 e. The fourth-order valence-corrected chi connectivity index (χ4v) is 2.95. The van der Waals surface area contributed by atoms with Gasteiger partial charge in [0.15, 0.2) is 5.13 Å². The molecule has 4 nitrogen and oxygen atoms in total. The number of nitrogens with one attached hydrogen (secondary N) is 2. The summed E-state index contributed by atoms with van der Waals surface area (Å²) in [5.74, 6) is -0.0529. The molecule has 0 saturated heterocycles. The SMILES string of the molecule is CC(Nc1nc2cccc(Cl)c2s1)C(=O)NC(C)(C)C. The highest BCUT2D eigenvalue weighted by Gasteiger charge is 2.20. The summed E-state index contributed by atoms with van der Waals surface area (Å²) < 4.78 is 0.931. The van der Waals surface area contributed by atoms with Crippen molar-refractivity contribution < 1.29 is 4.79 Å². The molecule has 2 N–H and O–H groups in total. The number of hydrogen-bond donors (Lipinski definition) is 2.